The molecule has 0 spiro atoms. The lowest BCUT2D eigenvalue weighted by molar-refractivity contribution is 0.482. The maximum atomic E-state index is 4.28. The molecule has 180 valence electrons. The zero-order valence-electron chi connectivity index (χ0n) is 22.1. The molecule has 1 nitrogen and oxygen atoms in total. The fraction of sp³-hybridized carbons (Fsp3) is 0.613. The Morgan fingerprint density at radius 1 is 0.606 bits per heavy atom. The van der Waals surface area contributed by atoms with Gasteiger partial charge in [0.1, 0.15) is 0 Å². The van der Waals surface area contributed by atoms with Gasteiger partial charge in [0.25, 0.3) is 0 Å². The molecule has 1 unspecified atom stereocenters. The van der Waals surface area contributed by atoms with Crippen LogP contribution in [0.2, 0.25) is 0 Å². The average Bonchev–Trinajstić information content (AvgIpc) is 2.77. The van der Waals surface area contributed by atoms with E-state index in [9.17, 15) is 0 Å². The summed E-state index contributed by atoms with van der Waals surface area (Å²) in [4.78, 5) is 0. The van der Waals surface area contributed by atoms with Gasteiger partial charge in [-0.05, 0) is 106 Å². The third-order valence-corrected chi connectivity index (χ3v) is 12.0. The topological polar surface area (TPSA) is 12.0 Å². The second kappa shape index (κ2) is 10.9. The Balaban J connectivity index is 1.84. The first-order chi connectivity index (χ1) is 15.8. The van der Waals surface area contributed by atoms with Crippen molar-refractivity contribution < 1.29 is 0 Å². The molecular formula is C31H46NP. The van der Waals surface area contributed by atoms with Crippen LogP contribution >= 0.6 is 7.92 Å². The fourth-order valence-corrected chi connectivity index (χ4v) is 11.3. The number of aryl methyl sites for hydroxylation is 6. The molecule has 0 bridgehead atoms. The number of nitrogens with one attached hydrogen (secondary N) is 1. The molecule has 0 saturated heterocycles. The van der Waals surface area contributed by atoms with Gasteiger partial charge in [-0.25, -0.2) is 0 Å². The van der Waals surface area contributed by atoms with E-state index in [1.165, 1.54) is 103 Å². The van der Waals surface area contributed by atoms with Crippen LogP contribution in [0.3, 0.4) is 0 Å². The van der Waals surface area contributed by atoms with Gasteiger partial charge >= 0.3 is 0 Å². The maximum Gasteiger partial charge on any atom is 0.0719 e. The summed E-state index contributed by atoms with van der Waals surface area (Å²) in [6.07, 6.45) is 14.5. The van der Waals surface area contributed by atoms with Gasteiger partial charge < -0.3 is 5.32 Å². The van der Waals surface area contributed by atoms with E-state index < -0.39 is 0 Å². The lowest BCUT2D eigenvalue weighted by Gasteiger charge is -2.45. The van der Waals surface area contributed by atoms with Crippen molar-refractivity contribution >= 4 is 13.6 Å². The van der Waals surface area contributed by atoms with Crippen molar-refractivity contribution in [3.63, 3.8) is 0 Å². The minimum Gasteiger partial charge on any atom is -0.374 e. The Morgan fingerprint density at radius 2 is 1.00 bits per heavy atom. The Morgan fingerprint density at radius 3 is 1.42 bits per heavy atom. The molecule has 1 N–H and O–H groups in total. The van der Waals surface area contributed by atoms with Crippen LogP contribution in [0.5, 0.6) is 0 Å². The average molecular weight is 464 g/mol. The summed E-state index contributed by atoms with van der Waals surface area (Å²) in [5.74, 6) is 0.465. The lowest BCUT2D eigenvalue weighted by Crippen LogP contribution is -2.28. The Bertz CT molecular complexity index is 885. The quantitative estimate of drug-likeness (QED) is 0.420. The zero-order valence-corrected chi connectivity index (χ0v) is 23.0. The summed E-state index contributed by atoms with van der Waals surface area (Å²) in [7, 11) is -0.146. The molecule has 2 aromatic carbocycles. The van der Waals surface area contributed by atoms with Crippen LogP contribution in [-0.4, -0.2) is 11.3 Å². The highest BCUT2D eigenvalue weighted by Gasteiger charge is 2.38. The highest BCUT2D eigenvalue weighted by atomic mass is 31.1. The van der Waals surface area contributed by atoms with Gasteiger partial charge in [-0.15, -0.1) is 0 Å². The van der Waals surface area contributed by atoms with Gasteiger partial charge in [0.15, 0.2) is 0 Å². The molecule has 1 atom stereocenters. The van der Waals surface area contributed by atoms with Crippen molar-refractivity contribution in [3.05, 3.63) is 63.2 Å². The Kier molecular flexibility index (Phi) is 8.22. The maximum absolute atomic E-state index is 4.28. The van der Waals surface area contributed by atoms with E-state index >= 15 is 0 Å². The van der Waals surface area contributed by atoms with Crippen molar-refractivity contribution in [3.8, 4) is 0 Å². The molecule has 4 rings (SSSR count). The number of hydrogen-bond acceptors (Lipinski definition) is 1. The van der Waals surface area contributed by atoms with Crippen LogP contribution < -0.4 is 5.32 Å². The molecule has 0 aliphatic heterocycles. The molecule has 0 radical (unpaired) electrons. The van der Waals surface area contributed by atoms with Gasteiger partial charge in [0, 0.05) is 5.69 Å². The highest BCUT2D eigenvalue weighted by Crippen LogP contribution is 2.65. The summed E-state index contributed by atoms with van der Waals surface area (Å²) in [5, 5.41) is 4.28. The molecule has 2 aliphatic rings. The van der Waals surface area contributed by atoms with E-state index in [1.807, 2.05) is 0 Å². The molecule has 2 fully saturated rings. The monoisotopic (exact) mass is 463 g/mol. The lowest BCUT2D eigenvalue weighted by atomic mass is 9.98. The van der Waals surface area contributed by atoms with Crippen molar-refractivity contribution in [1.82, 2.24) is 0 Å². The molecule has 2 heteroatoms. The smallest absolute Gasteiger partial charge is 0.0719 e. The van der Waals surface area contributed by atoms with E-state index in [0.717, 1.165) is 11.3 Å². The van der Waals surface area contributed by atoms with Gasteiger partial charge in [-0.1, -0.05) is 81.8 Å². The Labute approximate surface area is 204 Å². The first kappa shape index (κ1) is 24.8. The molecule has 0 heterocycles. The van der Waals surface area contributed by atoms with Gasteiger partial charge in [0.2, 0.25) is 0 Å². The second-order valence-electron chi connectivity index (χ2n) is 11.2. The first-order valence-electron chi connectivity index (χ1n) is 13.5. The highest BCUT2D eigenvalue weighted by molar-refractivity contribution is 7.59. The predicted molar refractivity (Wildman–Crippen MR) is 148 cm³/mol. The SMILES string of the molecule is Cc1cc(C)c(NC(c2c(C)cc(C)cc2C)P(C2CCCCC2)C2CCCCC2)c(C)c1. The predicted octanol–water partition coefficient (Wildman–Crippen LogP) is 9.80. The number of hydrogen-bond donors (Lipinski definition) is 1. The normalized spacial score (nSPS) is 19.1. The van der Waals surface area contributed by atoms with E-state index in [0.29, 0.717) is 5.78 Å². The molecule has 2 aromatic rings. The largest absolute Gasteiger partial charge is 0.374 e. The summed E-state index contributed by atoms with van der Waals surface area (Å²) in [6, 6.07) is 9.59. The van der Waals surface area contributed by atoms with Crippen molar-refractivity contribution in [2.24, 2.45) is 0 Å². The standard InChI is InChI=1S/C31H46NP/c1-21-17-23(3)29(24(4)18-21)31(32-30-25(5)19-22(2)20-26(30)6)33(27-13-9-7-10-14-27)28-15-11-8-12-16-28/h17-20,27-28,31-32H,7-16H2,1-6H3. The molecule has 2 saturated carbocycles. The van der Waals surface area contributed by atoms with E-state index in [-0.39, 0.29) is 7.92 Å². The van der Waals surface area contributed by atoms with Crippen molar-refractivity contribution in [2.45, 2.75) is 123 Å². The molecule has 0 amide bonds. The van der Waals surface area contributed by atoms with Crippen LogP contribution in [0.25, 0.3) is 0 Å². The Hall–Kier alpha value is -1.33. The van der Waals surface area contributed by atoms with E-state index in [2.05, 4.69) is 71.1 Å². The summed E-state index contributed by atoms with van der Waals surface area (Å²) in [5.41, 5.74) is 13.4. The minimum atomic E-state index is -0.146. The van der Waals surface area contributed by atoms with Crippen molar-refractivity contribution in [1.29, 1.82) is 0 Å². The van der Waals surface area contributed by atoms with Crippen LogP contribution in [0.15, 0.2) is 24.3 Å². The first-order valence-corrected chi connectivity index (χ1v) is 15.1. The van der Waals surface area contributed by atoms with Crippen LogP contribution in [-0.2, 0) is 0 Å². The molecule has 2 aliphatic carbocycles. The summed E-state index contributed by atoms with van der Waals surface area (Å²) >= 11 is 0. The van der Waals surface area contributed by atoms with Crippen LogP contribution in [0.4, 0.5) is 5.69 Å². The van der Waals surface area contributed by atoms with Gasteiger partial charge in [-0.3, -0.25) is 0 Å². The zero-order chi connectivity index (χ0) is 23.5. The molecular weight excluding hydrogens is 417 g/mol. The number of rotatable bonds is 6. The number of benzene rings is 2. The summed E-state index contributed by atoms with van der Waals surface area (Å²) < 4.78 is 0. The van der Waals surface area contributed by atoms with E-state index in [4.69, 9.17) is 0 Å². The van der Waals surface area contributed by atoms with Crippen LogP contribution in [0, 0.1) is 41.5 Å². The van der Waals surface area contributed by atoms with Crippen LogP contribution in [0.1, 0.15) is 109 Å². The number of anilines is 1. The van der Waals surface area contributed by atoms with Gasteiger partial charge in [-0.2, -0.15) is 0 Å². The van der Waals surface area contributed by atoms with Crippen molar-refractivity contribution in [2.75, 3.05) is 5.32 Å². The fourth-order valence-electron chi connectivity index (χ4n) is 6.94. The second-order valence-corrected chi connectivity index (χ2v) is 14.0. The van der Waals surface area contributed by atoms with E-state index in [1.54, 1.807) is 5.56 Å². The van der Waals surface area contributed by atoms with Gasteiger partial charge in [0.05, 0.1) is 5.78 Å². The minimum absolute atomic E-state index is 0.146. The molecule has 0 aromatic heterocycles. The third kappa shape index (κ3) is 5.67. The molecule has 33 heavy (non-hydrogen) atoms. The third-order valence-electron chi connectivity index (χ3n) is 8.26. The summed E-state index contributed by atoms with van der Waals surface area (Å²) in [6.45, 7) is 13.8.